The van der Waals surface area contributed by atoms with E-state index >= 15 is 0 Å². The van der Waals surface area contributed by atoms with Crippen LogP contribution in [0.5, 0.6) is 5.75 Å². The van der Waals surface area contributed by atoms with Crippen LogP contribution in [0, 0.1) is 17.8 Å². The van der Waals surface area contributed by atoms with Crippen LogP contribution in [0.4, 0.5) is 4.79 Å². The molecule has 5 heteroatoms. The molecule has 0 aliphatic carbocycles. The van der Waals surface area contributed by atoms with Gasteiger partial charge in [0.1, 0.15) is 23.9 Å². The van der Waals surface area contributed by atoms with Crippen molar-refractivity contribution < 1.29 is 18.9 Å². The number of amides is 1. The van der Waals surface area contributed by atoms with Crippen LogP contribution in [0.3, 0.4) is 0 Å². The predicted octanol–water partition coefficient (Wildman–Crippen LogP) is 7.34. The van der Waals surface area contributed by atoms with Crippen molar-refractivity contribution in [2.45, 2.75) is 70.9 Å². The molecule has 0 spiro atoms. The molecule has 1 amide bonds. The molecule has 3 aromatic rings. The summed E-state index contributed by atoms with van der Waals surface area (Å²) in [7, 11) is 1.71. The van der Waals surface area contributed by atoms with Gasteiger partial charge in [-0.25, -0.2) is 0 Å². The van der Waals surface area contributed by atoms with Crippen molar-refractivity contribution in [1.29, 1.82) is 0 Å². The third-order valence-electron chi connectivity index (χ3n) is 7.70. The van der Waals surface area contributed by atoms with Gasteiger partial charge in [-0.3, -0.25) is 0 Å². The molecule has 3 atom stereocenters. The summed E-state index contributed by atoms with van der Waals surface area (Å²) in [5, 5.41) is 0. The maximum Gasteiger partial charge on any atom is 0.536 e. The van der Waals surface area contributed by atoms with Crippen molar-refractivity contribution in [3.8, 4) is 17.6 Å². The summed E-state index contributed by atoms with van der Waals surface area (Å²) in [6.45, 7) is 10.5. The molecule has 5 nitrogen and oxygen atoms in total. The van der Waals surface area contributed by atoms with Crippen LogP contribution in [0.2, 0.25) is 0 Å². The molecule has 40 heavy (non-hydrogen) atoms. The van der Waals surface area contributed by atoms with Crippen LogP contribution >= 0.6 is 0 Å². The minimum atomic E-state index is -0.625. The number of likely N-dealkylation sites (tertiary alicyclic amines) is 1. The van der Waals surface area contributed by atoms with Gasteiger partial charge in [0.25, 0.3) is 0 Å². The molecule has 2 N–H and O–H groups in total. The normalized spacial score (nSPS) is 21.2. The maximum atomic E-state index is 13.6. The average molecular weight is 540 g/mol. The van der Waals surface area contributed by atoms with Gasteiger partial charge in [0.15, 0.2) is 0 Å². The van der Waals surface area contributed by atoms with Crippen LogP contribution in [0.15, 0.2) is 78.9 Å². The molecule has 1 aliphatic heterocycles. The lowest BCUT2D eigenvalue weighted by atomic mass is 9.78. The third-order valence-corrected chi connectivity index (χ3v) is 7.70. The van der Waals surface area contributed by atoms with E-state index < -0.39 is 5.60 Å². The summed E-state index contributed by atoms with van der Waals surface area (Å²) in [6, 6.07) is 26.3. The molecule has 1 fully saturated rings. The fraction of sp³-hybridized carbons (Fsp3) is 0.400. The number of hydrogen-bond donors (Lipinski definition) is 1. The molecule has 1 unspecified atom stereocenters. The lowest BCUT2D eigenvalue weighted by Gasteiger charge is -2.44. The second-order valence-corrected chi connectivity index (χ2v) is 12.4. The van der Waals surface area contributed by atoms with Gasteiger partial charge in [0.2, 0.25) is 0 Å². The van der Waals surface area contributed by atoms with Crippen LogP contribution in [-0.4, -0.2) is 29.9 Å². The number of nitrogens with zero attached hydrogens (tertiary/aromatic N) is 1. The van der Waals surface area contributed by atoms with Crippen LogP contribution < -0.4 is 10.6 Å². The molecule has 210 valence electrons. The number of benzene rings is 3. The molecule has 4 rings (SSSR count). The van der Waals surface area contributed by atoms with E-state index in [1.165, 1.54) is 0 Å². The zero-order chi connectivity index (χ0) is 29.0. The van der Waals surface area contributed by atoms with Gasteiger partial charge in [-0.05, 0) is 83.2 Å². The smallest absolute Gasteiger partial charge is 0.496 e. The number of nitrogens with two attached hydrogens (primary N) is 1. The topological polar surface area (TPSA) is 61.5 Å². The standard InChI is InChI=1S/C35H43N2O3/c1-34(2,3)40-33(38)37(36)23-13-18-28(32(37)27-16-11-8-12-17-27)24-29-25-30(19-20-31(29)39-6)35(4,5)22-21-26-14-9-7-10-15-26/h7-12,14-17,19-20,25,28,32H,13,18,23-24,36H2,1-6H3/q+1/t28-,32+,37?/m0/s1. The van der Waals surface area contributed by atoms with E-state index in [1.807, 2.05) is 75.4 Å². The SMILES string of the molecule is COc1ccc(C(C)(C)C#Cc2ccccc2)cc1C[C@@H]1CCC[N+](N)(C(=O)OC(C)(C)C)[C@@H]1c1ccccc1. The van der Waals surface area contributed by atoms with Crippen LogP contribution in [0.1, 0.15) is 75.8 Å². The van der Waals surface area contributed by atoms with Crippen molar-refractivity contribution in [3.05, 3.63) is 101 Å². The Labute approximate surface area is 239 Å². The fourth-order valence-corrected chi connectivity index (χ4v) is 5.67. The summed E-state index contributed by atoms with van der Waals surface area (Å²) in [6.07, 6.45) is 2.12. The van der Waals surface area contributed by atoms with Crippen LogP contribution in [0.25, 0.3) is 0 Å². The number of ether oxygens (including phenoxy) is 2. The number of piperidine rings is 1. The van der Waals surface area contributed by atoms with E-state index in [4.69, 9.17) is 15.3 Å². The van der Waals surface area contributed by atoms with Crippen molar-refractivity contribution in [2.75, 3.05) is 13.7 Å². The predicted molar refractivity (Wildman–Crippen MR) is 160 cm³/mol. The Morgan fingerprint density at radius 1 is 0.975 bits per heavy atom. The second-order valence-electron chi connectivity index (χ2n) is 12.4. The monoisotopic (exact) mass is 539 g/mol. The molecule has 1 aliphatic rings. The lowest BCUT2D eigenvalue weighted by molar-refractivity contribution is -0.911. The Balaban J connectivity index is 1.71. The van der Waals surface area contributed by atoms with E-state index in [0.29, 0.717) is 6.54 Å². The molecular formula is C35H43N2O3+. The summed E-state index contributed by atoms with van der Waals surface area (Å²) < 4.78 is 11.4. The first-order valence-electron chi connectivity index (χ1n) is 14.1. The first-order chi connectivity index (χ1) is 18.9. The van der Waals surface area contributed by atoms with Gasteiger partial charge in [-0.2, -0.15) is 10.6 Å². The van der Waals surface area contributed by atoms with E-state index in [0.717, 1.165) is 47.3 Å². The molecular weight excluding hydrogens is 496 g/mol. The van der Waals surface area contributed by atoms with Gasteiger partial charge >= 0.3 is 6.09 Å². The van der Waals surface area contributed by atoms with E-state index in [1.54, 1.807) is 7.11 Å². The van der Waals surface area contributed by atoms with Gasteiger partial charge in [-0.1, -0.05) is 72.5 Å². The zero-order valence-corrected chi connectivity index (χ0v) is 24.7. The number of carbonyl (C=O) groups is 1. The van der Waals surface area contributed by atoms with Gasteiger partial charge < -0.3 is 9.47 Å². The summed E-state index contributed by atoms with van der Waals surface area (Å²) in [4.78, 5) is 13.6. The Kier molecular flexibility index (Phi) is 8.73. The number of methoxy groups -OCH3 is 1. The largest absolute Gasteiger partial charge is 0.536 e. The van der Waals surface area contributed by atoms with Gasteiger partial charge in [0.05, 0.1) is 12.5 Å². The second kappa shape index (κ2) is 11.9. The van der Waals surface area contributed by atoms with Crippen molar-refractivity contribution in [3.63, 3.8) is 0 Å². The first kappa shape index (κ1) is 29.4. The van der Waals surface area contributed by atoms with Gasteiger partial charge in [-0.15, -0.1) is 4.59 Å². The highest BCUT2D eigenvalue weighted by atomic mass is 16.6. The highest BCUT2D eigenvalue weighted by molar-refractivity contribution is 5.60. The van der Waals surface area contributed by atoms with E-state index in [-0.39, 0.29) is 28.1 Å². The minimum Gasteiger partial charge on any atom is -0.496 e. The lowest BCUT2D eigenvalue weighted by Crippen LogP contribution is -2.65. The summed E-state index contributed by atoms with van der Waals surface area (Å²) >= 11 is 0. The molecule has 0 aromatic heterocycles. The molecule has 0 saturated carbocycles. The minimum absolute atomic E-state index is 0.108. The molecule has 3 aromatic carbocycles. The summed E-state index contributed by atoms with van der Waals surface area (Å²) in [5.74, 6) is 14.8. The van der Waals surface area contributed by atoms with Crippen molar-refractivity contribution >= 4 is 6.09 Å². The first-order valence-corrected chi connectivity index (χ1v) is 14.1. The van der Waals surface area contributed by atoms with Gasteiger partial charge in [0, 0.05) is 17.0 Å². The highest BCUT2D eigenvalue weighted by Crippen LogP contribution is 2.43. The van der Waals surface area contributed by atoms with Crippen molar-refractivity contribution in [1.82, 2.24) is 0 Å². The maximum absolute atomic E-state index is 13.6. The zero-order valence-electron chi connectivity index (χ0n) is 24.7. The quantitative estimate of drug-likeness (QED) is 0.159. The third kappa shape index (κ3) is 6.75. The Bertz CT molecular complexity index is 1370. The number of carbonyl (C=O) groups excluding carboxylic acids is 1. The molecule has 1 saturated heterocycles. The van der Waals surface area contributed by atoms with E-state index in [9.17, 15) is 4.79 Å². The Morgan fingerprint density at radius 2 is 1.62 bits per heavy atom. The number of rotatable bonds is 5. The number of quaternary nitrogens is 1. The Morgan fingerprint density at radius 3 is 2.25 bits per heavy atom. The average Bonchev–Trinajstić information content (AvgIpc) is 2.92. The number of hydrogen-bond acceptors (Lipinski definition) is 4. The highest BCUT2D eigenvalue weighted by Gasteiger charge is 2.52. The van der Waals surface area contributed by atoms with Crippen LogP contribution in [-0.2, 0) is 16.6 Å². The summed E-state index contributed by atoms with van der Waals surface area (Å²) in [5.41, 5.74) is 3.27. The fourth-order valence-electron chi connectivity index (χ4n) is 5.67. The molecule has 1 heterocycles. The Hall–Kier alpha value is -3.59. The molecule has 0 radical (unpaired) electrons. The molecule has 0 bridgehead atoms. The van der Waals surface area contributed by atoms with Crippen molar-refractivity contribution in [2.24, 2.45) is 11.8 Å². The van der Waals surface area contributed by atoms with E-state index in [2.05, 4.69) is 50.0 Å².